The third kappa shape index (κ3) is 3.11. The van der Waals surface area contributed by atoms with E-state index in [2.05, 4.69) is 17.2 Å². The minimum absolute atomic E-state index is 0.365. The lowest BCUT2D eigenvalue weighted by molar-refractivity contribution is 0.559. The van der Waals surface area contributed by atoms with Gasteiger partial charge >= 0.3 is 0 Å². The van der Waals surface area contributed by atoms with Crippen LogP contribution in [0.3, 0.4) is 0 Å². The first-order valence-corrected chi connectivity index (χ1v) is 4.56. The summed E-state index contributed by atoms with van der Waals surface area (Å²) in [4.78, 5) is 3.82. The zero-order valence-electron chi connectivity index (χ0n) is 8.10. The minimum atomic E-state index is -0.365. The normalized spacial score (nSPS) is 10.4. The van der Waals surface area contributed by atoms with Crippen LogP contribution in [-0.2, 0) is 6.54 Å². The van der Waals surface area contributed by atoms with Gasteiger partial charge in [0.2, 0.25) is 5.95 Å². The number of rotatable bonds is 4. The van der Waals surface area contributed by atoms with Gasteiger partial charge in [0.05, 0.1) is 5.69 Å². The van der Waals surface area contributed by atoms with Crippen molar-refractivity contribution in [2.24, 2.45) is 0 Å². The predicted molar refractivity (Wildman–Crippen MR) is 50.9 cm³/mol. The Morgan fingerprint density at radius 3 is 2.85 bits per heavy atom. The molecule has 0 aromatic carbocycles. The molecule has 0 spiro atoms. The lowest BCUT2D eigenvalue weighted by Gasteiger charge is -2.03. The van der Waals surface area contributed by atoms with Gasteiger partial charge in [0, 0.05) is 12.1 Å². The van der Waals surface area contributed by atoms with E-state index < -0.39 is 0 Å². The van der Waals surface area contributed by atoms with E-state index in [-0.39, 0.29) is 5.95 Å². The number of aromatic nitrogens is 1. The van der Waals surface area contributed by atoms with Gasteiger partial charge in [-0.3, -0.25) is 0 Å². The Hall–Kier alpha value is -0.960. The highest BCUT2D eigenvalue weighted by Gasteiger charge is 1.99. The second-order valence-electron chi connectivity index (χ2n) is 3.09. The van der Waals surface area contributed by atoms with Crippen molar-refractivity contribution in [3.63, 3.8) is 0 Å². The second kappa shape index (κ2) is 4.92. The van der Waals surface area contributed by atoms with Crippen LogP contribution in [0, 0.1) is 12.9 Å². The van der Waals surface area contributed by atoms with Crippen LogP contribution in [0.4, 0.5) is 4.39 Å². The molecule has 0 amide bonds. The van der Waals surface area contributed by atoms with Crippen LogP contribution in [0.25, 0.3) is 0 Å². The molecule has 0 saturated carbocycles. The molecule has 0 aliphatic heterocycles. The zero-order chi connectivity index (χ0) is 9.68. The van der Waals surface area contributed by atoms with Crippen molar-refractivity contribution in [3.8, 4) is 0 Å². The standard InChI is InChI=1S/C10H15FN2/c1-3-6-12-7-9-5-4-8(2)10(11)13-9/h4-5,12H,3,6-7H2,1-2H3. The van der Waals surface area contributed by atoms with E-state index >= 15 is 0 Å². The Morgan fingerprint density at radius 2 is 2.23 bits per heavy atom. The summed E-state index contributed by atoms with van der Waals surface area (Å²) in [6.07, 6.45) is 1.08. The van der Waals surface area contributed by atoms with Crippen molar-refractivity contribution >= 4 is 0 Å². The molecule has 0 fully saturated rings. The average molecular weight is 182 g/mol. The molecular formula is C10H15FN2. The molecule has 72 valence electrons. The molecule has 13 heavy (non-hydrogen) atoms. The van der Waals surface area contributed by atoms with Crippen molar-refractivity contribution in [3.05, 3.63) is 29.3 Å². The van der Waals surface area contributed by atoms with Gasteiger partial charge in [-0.2, -0.15) is 4.39 Å². The van der Waals surface area contributed by atoms with Crippen molar-refractivity contribution < 1.29 is 4.39 Å². The second-order valence-corrected chi connectivity index (χ2v) is 3.09. The van der Waals surface area contributed by atoms with Gasteiger partial charge in [0.1, 0.15) is 0 Å². The fourth-order valence-electron chi connectivity index (χ4n) is 1.03. The zero-order valence-corrected chi connectivity index (χ0v) is 8.10. The lowest BCUT2D eigenvalue weighted by Crippen LogP contribution is -2.15. The molecule has 0 saturated heterocycles. The number of nitrogens with one attached hydrogen (secondary N) is 1. The maximum absolute atomic E-state index is 12.9. The topological polar surface area (TPSA) is 24.9 Å². The molecule has 1 aromatic heterocycles. The van der Waals surface area contributed by atoms with Crippen LogP contribution in [0.15, 0.2) is 12.1 Å². The van der Waals surface area contributed by atoms with Gasteiger partial charge in [-0.25, -0.2) is 4.98 Å². The molecular weight excluding hydrogens is 167 g/mol. The fourth-order valence-corrected chi connectivity index (χ4v) is 1.03. The van der Waals surface area contributed by atoms with Crippen LogP contribution in [0.5, 0.6) is 0 Å². The summed E-state index contributed by atoms with van der Waals surface area (Å²) in [6.45, 7) is 5.39. The highest BCUT2D eigenvalue weighted by atomic mass is 19.1. The third-order valence-electron chi connectivity index (χ3n) is 1.83. The van der Waals surface area contributed by atoms with E-state index in [4.69, 9.17) is 0 Å². The average Bonchev–Trinajstić information content (AvgIpc) is 2.12. The van der Waals surface area contributed by atoms with Gasteiger partial charge in [0.15, 0.2) is 0 Å². The first-order chi connectivity index (χ1) is 6.24. The molecule has 1 N–H and O–H groups in total. The van der Waals surface area contributed by atoms with Crippen molar-refractivity contribution in [1.29, 1.82) is 0 Å². The molecule has 0 radical (unpaired) electrons. The Labute approximate surface area is 78.2 Å². The SMILES string of the molecule is CCCNCc1ccc(C)c(F)n1. The fraction of sp³-hybridized carbons (Fsp3) is 0.500. The lowest BCUT2D eigenvalue weighted by atomic mass is 10.2. The molecule has 1 rings (SSSR count). The van der Waals surface area contributed by atoms with E-state index in [9.17, 15) is 4.39 Å². The first-order valence-electron chi connectivity index (χ1n) is 4.56. The summed E-state index contributed by atoms with van der Waals surface area (Å²) in [7, 11) is 0. The summed E-state index contributed by atoms with van der Waals surface area (Å²) in [6, 6.07) is 3.60. The highest BCUT2D eigenvalue weighted by Crippen LogP contribution is 2.03. The molecule has 0 unspecified atom stereocenters. The van der Waals surface area contributed by atoms with E-state index in [1.807, 2.05) is 6.07 Å². The summed E-state index contributed by atoms with van der Waals surface area (Å²) in [5.74, 6) is -0.365. The summed E-state index contributed by atoms with van der Waals surface area (Å²) < 4.78 is 12.9. The van der Waals surface area contributed by atoms with E-state index in [1.165, 1.54) is 0 Å². The third-order valence-corrected chi connectivity index (χ3v) is 1.83. The van der Waals surface area contributed by atoms with Gasteiger partial charge in [0.25, 0.3) is 0 Å². The molecule has 1 aromatic rings. The Bertz CT molecular complexity index is 274. The van der Waals surface area contributed by atoms with Crippen LogP contribution in [0.1, 0.15) is 24.6 Å². The van der Waals surface area contributed by atoms with E-state index in [0.717, 1.165) is 18.7 Å². The largest absolute Gasteiger partial charge is 0.311 e. The van der Waals surface area contributed by atoms with Crippen molar-refractivity contribution in [2.45, 2.75) is 26.8 Å². The summed E-state index contributed by atoms with van der Waals surface area (Å²) in [5, 5.41) is 3.17. The van der Waals surface area contributed by atoms with E-state index in [0.29, 0.717) is 12.1 Å². The van der Waals surface area contributed by atoms with Crippen LogP contribution < -0.4 is 5.32 Å². The number of aryl methyl sites for hydroxylation is 1. The smallest absolute Gasteiger partial charge is 0.216 e. The molecule has 1 heterocycles. The number of halogens is 1. The summed E-state index contributed by atoms with van der Waals surface area (Å²) in [5.41, 5.74) is 1.36. The molecule has 3 heteroatoms. The minimum Gasteiger partial charge on any atom is -0.311 e. The Kier molecular flexibility index (Phi) is 3.83. The highest BCUT2D eigenvalue weighted by molar-refractivity contribution is 5.13. The monoisotopic (exact) mass is 182 g/mol. The maximum Gasteiger partial charge on any atom is 0.216 e. The van der Waals surface area contributed by atoms with Gasteiger partial charge in [-0.15, -0.1) is 0 Å². The summed E-state index contributed by atoms with van der Waals surface area (Å²) >= 11 is 0. The van der Waals surface area contributed by atoms with Crippen LogP contribution >= 0.6 is 0 Å². The maximum atomic E-state index is 12.9. The number of pyridine rings is 1. The van der Waals surface area contributed by atoms with Crippen molar-refractivity contribution in [2.75, 3.05) is 6.54 Å². The van der Waals surface area contributed by atoms with Crippen LogP contribution in [0.2, 0.25) is 0 Å². The number of hydrogen-bond donors (Lipinski definition) is 1. The Balaban J connectivity index is 2.53. The Morgan fingerprint density at radius 1 is 1.46 bits per heavy atom. The quantitative estimate of drug-likeness (QED) is 0.569. The van der Waals surface area contributed by atoms with Crippen molar-refractivity contribution in [1.82, 2.24) is 10.3 Å². The van der Waals surface area contributed by atoms with Gasteiger partial charge in [-0.1, -0.05) is 13.0 Å². The van der Waals surface area contributed by atoms with Gasteiger partial charge in [-0.05, 0) is 26.0 Å². The molecule has 0 atom stereocenters. The first kappa shape index (κ1) is 10.1. The van der Waals surface area contributed by atoms with Gasteiger partial charge < -0.3 is 5.32 Å². The predicted octanol–water partition coefficient (Wildman–Crippen LogP) is 2.03. The molecule has 0 aliphatic carbocycles. The van der Waals surface area contributed by atoms with E-state index in [1.54, 1.807) is 13.0 Å². The number of nitrogens with zero attached hydrogens (tertiary/aromatic N) is 1. The van der Waals surface area contributed by atoms with Crippen LogP contribution in [-0.4, -0.2) is 11.5 Å². The molecule has 0 aliphatic rings. The number of hydrogen-bond acceptors (Lipinski definition) is 2. The molecule has 0 bridgehead atoms. The molecule has 2 nitrogen and oxygen atoms in total.